The van der Waals surface area contributed by atoms with Crippen LogP contribution in [0.3, 0.4) is 0 Å². The smallest absolute Gasteiger partial charge is 0.311 e. The summed E-state index contributed by atoms with van der Waals surface area (Å²) >= 11 is 5.98. The molecule has 2 rings (SSSR count). The fraction of sp³-hybridized carbons (Fsp3) is 0.0714. The van der Waals surface area contributed by atoms with Crippen molar-refractivity contribution in [3.63, 3.8) is 0 Å². The van der Waals surface area contributed by atoms with Crippen molar-refractivity contribution in [2.75, 3.05) is 0 Å². The second-order valence-corrected chi connectivity index (χ2v) is 4.55. The minimum Gasteiger partial charge on any atom is -0.449 e. The fourth-order valence-electron chi connectivity index (χ4n) is 1.65. The molecule has 5 nitrogen and oxygen atoms in total. The summed E-state index contributed by atoms with van der Waals surface area (Å²) < 4.78 is 5.49. The average molecular weight is 292 g/mol. The van der Waals surface area contributed by atoms with Gasteiger partial charge in [0.25, 0.3) is 0 Å². The van der Waals surface area contributed by atoms with E-state index in [2.05, 4.69) is 0 Å². The Kier molecular flexibility index (Phi) is 4.00. The molecule has 2 aromatic rings. The Labute approximate surface area is 119 Å². The summed E-state index contributed by atoms with van der Waals surface area (Å²) in [4.78, 5) is 21.1. The van der Waals surface area contributed by atoms with E-state index >= 15 is 0 Å². The van der Waals surface area contributed by atoms with E-state index in [4.69, 9.17) is 16.3 Å². The number of nitro groups is 1. The summed E-state index contributed by atoms with van der Waals surface area (Å²) in [6.07, 6.45) is 0.658. The highest BCUT2D eigenvalue weighted by Gasteiger charge is 2.16. The number of halogens is 1. The Morgan fingerprint density at radius 2 is 1.95 bits per heavy atom. The van der Waals surface area contributed by atoms with Crippen LogP contribution in [-0.4, -0.2) is 11.2 Å². The van der Waals surface area contributed by atoms with Gasteiger partial charge in [0.1, 0.15) is 12.0 Å². The molecule has 0 saturated carbocycles. The van der Waals surface area contributed by atoms with E-state index in [1.165, 1.54) is 24.3 Å². The van der Waals surface area contributed by atoms with Crippen molar-refractivity contribution in [3.8, 4) is 11.5 Å². The molecule has 0 saturated heterocycles. The summed E-state index contributed by atoms with van der Waals surface area (Å²) in [5.41, 5.74) is 1.08. The molecular weight excluding hydrogens is 282 g/mol. The van der Waals surface area contributed by atoms with Gasteiger partial charge in [-0.05, 0) is 36.8 Å². The Morgan fingerprint density at radius 1 is 1.20 bits per heavy atom. The van der Waals surface area contributed by atoms with E-state index in [9.17, 15) is 14.9 Å². The number of nitro benzene ring substituents is 1. The Bertz CT molecular complexity index is 685. The number of rotatable bonds is 4. The molecule has 102 valence electrons. The highest BCUT2D eigenvalue weighted by Crippen LogP contribution is 2.35. The number of hydrogen-bond acceptors (Lipinski definition) is 4. The van der Waals surface area contributed by atoms with Gasteiger partial charge in [-0.1, -0.05) is 17.7 Å². The molecule has 6 heteroatoms. The first kappa shape index (κ1) is 14.0. The maximum atomic E-state index is 11.0. The molecule has 0 unspecified atom stereocenters. The zero-order valence-corrected chi connectivity index (χ0v) is 11.3. The van der Waals surface area contributed by atoms with Crippen molar-refractivity contribution in [2.24, 2.45) is 0 Å². The molecule has 2 aromatic carbocycles. The largest absolute Gasteiger partial charge is 0.449 e. The molecule has 0 N–H and O–H groups in total. The van der Waals surface area contributed by atoms with Gasteiger partial charge in [-0.15, -0.1) is 0 Å². The first-order valence-electron chi connectivity index (χ1n) is 5.69. The SMILES string of the molecule is Cc1ccc([N+](=O)[O-])c(Oc2ccc(C=O)cc2Cl)c1. The lowest BCUT2D eigenvalue weighted by Crippen LogP contribution is -1.94. The molecule has 0 aromatic heterocycles. The molecule has 0 spiro atoms. The van der Waals surface area contributed by atoms with Gasteiger partial charge < -0.3 is 4.74 Å². The van der Waals surface area contributed by atoms with Crippen LogP contribution >= 0.6 is 11.6 Å². The highest BCUT2D eigenvalue weighted by atomic mass is 35.5. The van der Waals surface area contributed by atoms with Crippen molar-refractivity contribution >= 4 is 23.6 Å². The Balaban J connectivity index is 2.41. The van der Waals surface area contributed by atoms with Crippen molar-refractivity contribution < 1.29 is 14.5 Å². The standard InChI is InChI=1S/C14H10ClNO4/c1-9-2-4-12(16(18)19)14(6-9)20-13-5-3-10(8-17)7-11(13)15/h2-8H,1H3. The minimum absolute atomic E-state index is 0.107. The number of benzene rings is 2. The second kappa shape index (κ2) is 5.71. The van der Waals surface area contributed by atoms with E-state index in [1.807, 2.05) is 0 Å². The molecule has 0 bridgehead atoms. The van der Waals surface area contributed by atoms with E-state index in [0.717, 1.165) is 5.56 Å². The van der Waals surface area contributed by atoms with Crippen molar-refractivity contribution in [1.82, 2.24) is 0 Å². The molecule has 0 fully saturated rings. The maximum absolute atomic E-state index is 11.0. The second-order valence-electron chi connectivity index (χ2n) is 4.14. The van der Waals surface area contributed by atoms with E-state index in [-0.39, 0.29) is 22.2 Å². The third kappa shape index (κ3) is 2.95. The topological polar surface area (TPSA) is 69.4 Å². The molecule has 0 amide bonds. The normalized spacial score (nSPS) is 10.1. The predicted molar refractivity (Wildman–Crippen MR) is 74.7 cm³/mol. The van der Waals surface area contributed by atoms with Gasteiger partial charge in [0, 0.05) is 11.6 Å². The first-order chi connectivity index (χ1) is 9.51. The number of carbonyl (C=O) groups is 1. The van der Waals surface area contributed by atoms with Crippen LogP contribution in [0.5, 0.6) is 11.5 Å². The van der Waals surface area contributed by atoms with Crippen molar-refractivity contribution in [3.05, 3.63) is 62.7 Å². The molecule has 0 atom stereocenters. The Hall–Kier alpha value is -2.40. The number of carbonyl (C=O) groups excluding carboxylic acids is 1. The van der Waals surface area contributed by atoms with Crippen LogP contribution < -0.4 is 4.74 Å². The monoisotopic (exact) mass is 291 g/mol. The number of aldehydes is 1. The van der Waals surface area contributed by atoms with Gasteiger partial charge in [-0.25, -0.2) is 0 Å². The number of hydrogen-bond donors (Lipinski definition) is 0. The lowest BCUT2D eigenvalue weighted by molar-refractivity contribution is -0.385. The molecule has 20 heavy (non-hydrogen) atoms. The lowest BCUT2D eigenvalue weighted by atomic mass is 10.2. The van der Waals surface area contributed by atoms with Crippen LogP contribution in [0.25, 0.3) is 0 Å². The Morgan fingerprint density at radius 3 is 2.55 bits per heavy atom. The van der Waals surface area contributed by atoms with Crippen LogP contribution in [0.15, 0.2) is 36.4 Å². The third-order valence-corrected chi connectivity index (χ3v) is 2.92. The summed E-state index contributed by atoms with van der Waals surface area (Å²) in [5, 5.41) is 11.2. The summed E-state index contributed by atoms with van der Waals surface area (Å²) in [6, 6.07) is 9.02. The highest BCUT2D eigenvalue weighted by molar-refractivity contribution is 6.32. The van der Waals surface area contributed by atoms with Gasteiger partial charge in [0.2, 0.25) is 5.75 Å². The predicted octanol–water partition coefficient (Wildman–Crippen LogP) is 4.16. The van der Waals surface area contributed by atoms with Gasteiger partial charge in [-0.3, -0.25) is 14.9 Å². The summed E-state index contributed by atoms with van der Waals surface area (Å²) in [7, 11) is 0. The van der Waals surface area contributed by atoms with Gasteiger partial charge in [-0.2, -0.15) is 0 Å². The zero-order chi connectivity index (χ0) is 14.7. The molecule has 0 radical (unpaired) electrons. The van der Waals surface area contributed by atoms with Gasteiger partial charge >= 0.3 is 5.69 Å². The first-order valence-corrected chi connectivity index (χ1v) is 6.06. The van der Waals surface area contributed by atoms with Crippen LogP contribution in [0.1, 0.15) is 15.9 Å². The van der Waals surface area contributed by atoms with Crippen LogP contribution in [0.2, 0.25) is 5.02 Å². The average Bonchev–Trinajstić information content (AvgIpc) is 2.40. The van der Waals surface area contributed by atoms with Crippen molar-refractivity contribution in [2.45, 2.75) is 6.92 Å². The molecular formula is C14H10ClNO4. The minimum atomic E-state index is -0.525. The number of nitrogens with zero attached hydrogens (tertiary/aromatic N) is 1. The molecule has 0 heterocycles. The maximum Gasteiger partial charge on any atom is 0.311 e. The van der Waals surface area contributed by atoms with Gasteiger partial charge in [0.05, 0.1) is 9.95 Å². The van der Waals surface area contributed by atoms with Crippen LogP contribution in [-0.2, 0) is 0 Å². The van der Waals surface area contributed by atoms with E-state index in [1.54, 1.807) is 19.1 Å². The summed E-state index contributed by atoms with van der Waals surface area (Å²) in [5.74, 6) is 0.363. The molecule has 0 aliphatic carbocycles. The van der Waals surface area contributed by atoms with Crippen molar-refractivity contribution in [1.29, 1.82) is 0 Å². The van der Waals surface area contributed by atoms with E-state index < -0.39 is 4.92 Å². The number of ether oxygens (including phenoxy) is 1. The van der Waals surface area contributed by atoms with Gasteiger partial charge in [0.15, 0.2) is 0 Å². The third-order valence-electron chi connectivity index (χ3n) is 2.62. The van der Waals surface area contributed by atoms with Crippen LogP contribution in [0, 0.1) is 17.0 Å². The number of aryl methyl sites for hydroxylation is 1. The zero-order valence-electron chi connectivity index (χ0n) is 10.5. The fourth-order valence-corrected chi connectivity index (χ4v) is 1.87. The van der Waals surface area contributed by atoms with E-state index in [0.29, 0.717) is 11.8 Å². The van der Waals surface area contributed by atoms with Crippen LogP contribution in [0.4, 0.5) is 5.69 Å². The molecule has 0 aliphatic heterocycles. The lowest BCUT2D eigenvalue weighted by Gasteiger charge is -2.09. The quantitative estimate of drug-likeness (QED) is 0.482. The summed E-state index contributed by atoms with van der Waals surface area (Å²) in [6.45, 7) is 1.80. The molecule has 0 aliphatic rings.